The van der Waals surface area contributed by atoms with E-state index in [0.717, 1.165) is 18.4 Å². The summed E-state index contributed by atoms with van der Waals surface area (Å²) in [5.41, 5.74) is 1.02. The lowest BCUT2D eigenvalue weighted by molar-refractivity contribution is 0.210. The monoisotopic (exact) mass is 423 g/mol. The normalized spacial score (nSPS) is 21.5. The molecule has 2 aromatic rings. The molecule has 1 aliphatic heterocycles. The molecule has 0 saturated carbocycles. The maximum absolute atomic E-state index is 13.5. The first-order valence-electron chi connectivity index (χ1n) is 9.16. The molecule has 3 rings (SSSR count). The Morgan fingerprint density at radius 2 is 1.67 bits per heavy atom. The van der Waals surface area contributed by atoms with Gasteiger partial charge in [-0.15, -0.1) is 0 Å². The fourth-order valence-electron chi connectivity index (χ4n) is 3.44. The van der Waals surface area contributed by atoms with Crippen molar-refractivity contribution in [1.29, 1.82) is 0 Å². The first kappa shape index (κ1) is 20.5. The summed E-state index contributed by atoms with van der Waals surface area (Å²) in [7, 11) is -5.40. The largest absolute Gasteiger partial charge is 0.416 e. The number of nitrogens with zero attached hydrogens (tertiary/aromatic N) is 1. The Morgan fingerprint density at radius 3 is 2.26 bits per heavy atom. The number of halogens is 1. The number of rotatable bonds is 6. The lowest BCUT2D eigenvalue weighted by Gasteiger charge is -2.31. The highest BCUT2D eigenvalue weighted by Crippen LogP contribution is 2.40. The first-order chi connectivity index (χ1) is 12.7. The molecule has 1 saturated heterocycles. The second-order valence-corrected chi connectivity index (χ2v) is 14.7. The van der Waals surface area contributed by atoms with Gasteiger partial charge in [0.05, 0.1) is 17.5 Å². The average Bonchev–Trinajstić information content (AvgIpc) is 3.05. The average molecular weight is 424 g/mol. The lowest BCUT2D eigenvalue weighted by atomic mass is 10.1. The molecule has 0 bridgehead atoms. The molecule has 2 aromatic carbocycles. The third-order valence-electron chi connectivity index (χ3n) is 4.72. The number of hydrogen-bond donors (Lipinski definition) is 0. The third kappa shape index (κ3) is 4.81. The van der Waals surface area contributed by atoms with Crippen molar-refractivity contribution < 1.29 is 12.8 Å². The molecule has 0 aliphatic carbocycles. The van der Waals surface area contributed by atoms with Gasteiger partial charge < -0.3 is 4.43 Å². The molecule has 27 heavy (non-hydrogen) atoms. The van der Waals surface area contributed by atoms with E-state index in [1.807, 2.05) is 30.3 Å². The Bertz CT molecular complexity index is 866. The van der Waals surface area contributed by atoms with E-state index in [9.17, 15) is 8.42 Å². The Hall–Kier alpha value is -1.18. The predicted octanol–water partition coefficient (Wildman–Crippen LogP) is 5.09. The lowest BCUT2D eigenvalue weighted by Crippen LogP contribution is -2.42. The SMILES string of the molecule is C[Si](C)(C)OC[C@@H]1CC[C@H](c2ccccc2)N1S(=O)(=O)c1ccc(Cl)cc1. The zero-order valence-electron chi connectivity index (χ0n) is 15.9. The fourth-order valence-corrected chi connectivity index (χ4v) is 6.11. The van der Waals surface area contributed by atoms with Crippen LogP contribution in [0.5, 0.6) is 0 Å². The van der Waals surface area contributed by atoms with E-state index < -0.39 is 18.3 Å². The predicted molar refractivity (Wildman–Crippen MR) is 112 cm³/mol. The van der Waals surface area contributed by atoms with Gasteiger partial charge in [0.15, 0.2) is 8.32 Å². The van der Waals surface area contributed by atoms with E-state index in [0.29, 0.717) is 11.6 Å². The zero-order chi connectivity index (χ0) is 19.7. The van der Waals surface area contributed by atoms with E-state index in [2.05, 4.69) is 19.6 Å². The summed E-state index contributed by atoms with van der Waals surface area (Å²) in [5, 5.41) is 0.522. The van der Waals surface area contributed by atoms with Gasteiger partial charge in [0, 0.05) is 11.1 Å². The summed E-state index contributed by atoms with van der Waals surface area (Å²) in [6.45, 7) is 6.80. The van der Waals surface area contributed by atoms with Gasteiger partial charge in [0.1, 0.15) is 0 Å². The van der Waals surface area contributed by atoms with Crippen molar-refractivity contribution >= 4 is 29.9 Å². The van der Waals surface area contributed by atoms with Crippen LogP contribution in [0.3, 0.4) is 0 Å². The quantitative estimate of drug-likeness (QED) is 0.608. The van der Waals surface area contributed by atoms with Gasteiger partial charge in [-0.3, -0.25) is 0 Å². The standard InChI is InChI=1S/C20H26ClNO3SSi/c1-27(2,3)25-15-18-11-14-20(16-7-5-4-6-8-16)22(18)26(23,24)19-12-9-17(21)10-13-19/h4-10,12-13,18,20H,11,14-15H2,1-3H3/t18-,20+/m0/s1. The summed E-state index contributed by atoms with van der Waals surface area (Å²) in [6.07, 6.45) is 1.58. The van der Waals surface area contributed by atoms with Gasteiger partial charge in [-0.25, -0.2) is 8.42 Å². The van der Waals surface area contributed by atoms with Crippen LogP contribution in [0, 0.1) is 0 Å². The van der Waals surface area contributed by atoms with Crippen LogP contribution in [-0.4, -0.2) is 33.7 Å². The van der Waals surface area contributed by atoms with Gasteiger partial charge in [0.2, 0.25) is 10.0 Å². The van der Waals surface area contributed by atoms with Crippen molar-refractivity contribution in [3.63, 3.8) is 0 Å². The molecule has 0 N–H and O–H groups in total. The Labute approximate surface area is 168 Å². The minimum absolute atomic E-state index is 0.164. The maximum Gasteiger partial charge on any atom is 0.243 e. The summed E-state index contributed by atoms with van der Waals surface area (Å²) in [6, 6.07) is 15.9. The van der Waals surface area contributed by atoms with Crippen molar-refractivity contribution in [2.24, 2.45) is 0 Å². The maximum atomic E-state index is 13.5. The van der Waals surface area contributed by atoms with Crippen molar-refractivity contribution in [3.8, 4) is 0 Å². The van der Waals surface area contributed by atoms with Gasteiger partial charge >= 0.3 is 0 Å². The van der Waals surface area contributed by atoms with E-state index in [1.165, 1.54) is 0 Å². The first-order valence-corrected chi connectivity index (χ1v) is 14.4. The number of sulfonamides is 1. The molecule has 4 nitrogen and oxygen atoms in total. The Kier molecular flexibility index (Phi) is 6.13. The van der Waals surface area contributed by atoms with E-state index in [-0.39, 0.29) is 17.0 Å². The van der Waals surface area contributed by atoms with Crippen LogP contribution in [-0.2, 0) is 14.4 Å². The number of hydrogen-bond acceptors (Lipinski definition) is 3. The van der Waals surface area contributed by atoms with Gasteiger partial charge in [-0.1, -0.05) is 41.9 Å². The molecule has 2 atom stereocenters. The zero-order valence-corrected chi connectivity index (χ0v) is 18.5. The van der Waals surface area contributed by atoms with Crippen LogP contribution in [0.1, 0.15) is 24.4 Å². The molecular weight excluding hydrogens is 398 g/mol. The summed E-state index contributed by atoms with van der Waals surface area (Å²) in [5.74, 6) is 0. The van der Waals surface area contributed by atoms with Crippen molar-refractivity contribution in [2.75, 3.05) is 6.61 Å². The van der Waals surface area contributed by atoms with Gasteiger partial charge in [0.25, 0.3) is 0 Å². The van der Waals surface area contributed by atoms with Crippen molar-refractivity contribution in [3.05, 3.63) is 65.2 Å². The highest BCUT2D eigenvalue weighted by Gasteiger charge is 2.43. The molecule has 146 valence electrons. The second-order valence-electron chi connectivity index (χ2n) is 7.87. The molecule has 0 spiro atoms. The molecule has 0 radical (unpaired) electrons. The Morgan fingerprint density at radius 1 is 1.04 bits per heavy atom. The molecule has 7 heteroatoms. The van der Waals surface area contributed by atoms with Crippen LogP contribution in [0.4, 0.5) is 0 Å². The third-order valence-corrected chi connectivity index (χ3v) is 7.98. The highest BCUT2D eigenvalue weighted by molar-refractivity contribution is 7.89. The Balaban J connectivity index is 1.98. The molecule has 0 unspecified atom stereocenters. The molecule has 1 aliphatic rings. The minimum atomic E-state index is -3.66. The summed E-state index contributed by atoms with van der Waals surface area (Å²) >= 11 is 5.95. The highest BCUT2D eigenvalue weighted by atomic mass is 35.5. The minimum Gasteiger partial charge on any atom is -0.416 e. The summed E-state index contributed by atoms with van der Waals surface area (Å²) < 4.78 is 34.8. The number of benzene rings is 2. The topological polar surface area (TPSA) is 46.6 Å². The van der Waals surface area contributed by atoms with Gasteiger partial charge in [-0.05, 0) is 62.3 Å². The van der Waals surface area contributed by atoms with Crippen LogP contribution in [0.25, 0.3) is 0 Å². The van der Waals surface area contributed by atoms with E-state index in [1.54, 1.807) is 28.6 Å². The van der Waals surface area contributed by atoms with Crippen molar-refractivity contribution in [2.45, 2.75) is 49.5 Å². The fraction of sp³-hybridized carbons (Fsp3) is 0.400. The second kappa shape index (κ2) is 8.05. The van der Waals surface area contributed by atoms with E-state index in [4.69, 9.17) is 16.0 Å². The van der Waals surface area contributed by atoms with Crippen LogP contribution >= 0.6 is 11.6 Å². The molecule has 1 fully saturated rings. The molecule has 0 aromatic heterocycles. The van der Waals surface area contributed by atoms with E-state index >= 15 is 0 Å². The van der Waals surface area contributed by atoms with Crippen molar-refractivity contribution in [1.82, 2.24) is 4.31 Å². The smallest absolute Gasteiger partial charge is 0.243 e. The summed E-state index contributed by atoms with van der Waals surface area (Å²) in [4.78, 5) is 0.271. The molecular formula is C20H26ClNO3SSi. The molecule has 1 heterocycles. The van der Waals surface area contributed by atoms with Crippen LogP contribution in [0.2, 0.25) is 24.7 Å². The van der Waals surface area contributed by atoms with Crippen LogP contribution in [0.15, 0.2) is 59.5 Å². The van der Waals surface area contributed by atoms with Gasteiger partial charge in [-0.2, -0.15) is 4.31 Å². The molecule has 0 amide bonds. The van der Waals surface area contributed by atoms with Crippen LogP contribution < -0.4 is 0 Å².